The minimum atomic E-state index is 0.0681. The van der Waals surface area contributed by atoms with Crippen molar-refractivity contribution < 1.29 is 9.53 Å². The molecule has 1 aliphatic rings. The van der Waals surface area contributed by atoms with Gasteiger partial charge in [0.25, 0.3) is 5.91 Å². The lowest BCUT2D eigenvalue weighted by Gasteiger charge is -2.32. The molecule has 1 fully saturated rings. The summed E-state index contributed by atoms with van der Waals surface area (Å²) in [5, 5.41) is 3.21. The van der Waals surface area contributed by atoms with E-state index >= 15 is 0 Å². The Labute approximate surface area is 149 Å². The summed E-state index contributed by atoms with van der Waals surface area (Å²) in [5.74, 6) is 2.15. The Morgan fingerprint density at radius 2 is 1.76 bits per heavy atom. The van der Waals surface area contributed by atoms with Crippen LogP contribution in [-0.2, 0) is 0 Å². The Morgan fingerprint density at radius 1 is 1.08 bits per heavy atom. The first-order chi connectivity index (χ1) is 12.3. The molecule has 1 heterocycles. The zero-order valence-corrected chi connectivity index (χ0v) is 14.8. The highest BCUT2D eigenvalue weighted by Crippen LogP contribution is 2.28. The molecule has 0 spiro atoms. The number of nitrogens with zero attached hydrogens (tertiary/aromatic N) is 1. The number of amides is 1. The number of benzene rings is 2. The van der Waals surface area contributed by atoms with Crippen molar-refractivity contribution in [1.82, 2.24) is 10.2 Å². The molecule has 2 aromatic rings. The number of carbonyl (C=O) groups excluding carboxylic acids is 1. The van der Waals surface area contributed by atoms with E-state index < -0.39 is 0 Å². The molecule has 0 bridgehead atoms. The van der Waals surface area contributed by atoms with E-state index in [4.69, 9.17) is 4.74 Å². The standard InChI is InChI=1S/C21H26N2O2/c1-22-14-11-17-12-15-23(16-13-17)21(24)19-9-5-6-10-20(19)25-18-7-3-2-4-8-18/h2-10,17,22H,11-16H2,1H3. The van der Waals surface area contributed by atoms with Gasteiger partial charge in [0.05, 0.1) is 5.56 Å². The lowest BCUT2D eigenvalue weighted by molar-refractivity contribution is 0.0684. The van der Waals surface area contributed by atoms with Crippen molar-refractivity contribution in [2.24, 2.45) is 5.92 Å². The maximum atomic E-state index is 13.0. The van der Waals surface area contributed by atoms with E-state index in [1.54, 1.807) is 0 Å². The fraction of sp³-hybridized carbons (Fsp3) is 0.381. The maximum Gasteiger partial charge on any atom is 0.257 e. The normalized spacial score (nSPS) is 15.2. The number of piperidine rings is 1. The molecule has 0 radical (unpaired) electrons. The Kier molecular flexibility index (Phi) is 6.07. The molecular formula is C21H26N2O2. The Morgan fingerprint density at radius 3 is 2.48 bits per heavy atom. The summed E-state index contributed by atoms with van der Waals surface area (Å²) in [5.41, 5.74) is 0.639. The van der Waals surface area contributed by atoms with E-state index in [1.165, 1.54) is 6.42 Å². The van der Waals surface area contributed by atoms with E-state index in [2.05, 4.69) is 5.32 Å². The molecule has 0 aromatic heterocycles. The highest BCUT2D eigenvalue weighted by Gasteiger charge is 2.25. The molecule has 1 N–H and O–H groups in total. The predicted octanol–water partition coefficient (Wildman–Crippen LogP) is 3.94. The molecule has 0 aliphatic carbocycles. The molecule has 25 heavy (non-hydrogen) atoms. The summed E-state index contributed by atoms with van der Waals surface area (Å²) in [6.45, 7) is 2.70. The van der Waals surface area contributed by atoms with Gasteiger partial charge in [0, 0.05) is 13.1 Å². The van der Waals surface area contributed by atoms with Crippen molar-refractivity contribution in [3.63, 3.8) is 0 Å². The van der Waals surface area contributed by atoms with Gasteiger partial charge in [-0.2, -0.15) is 0 Å². The van der Waals surface area contributed by atoms with Gasteiger partial charge in [0.1, 0.15) is 11.5 Å². The molecule has 0 saturated carbocycles. The number of nitrogens with one attached hydrogen (secondary N) is 1. The van der Waals surface area contributed by atoms with E-state index in [0.717, 1.165) is 38.2 Å². The van der Waals surface area contributed by atoms with Gasteiger partial charge in [0.15, 0.2) is 0 Å². The van der Waals surface area contributed by atoms with Crippen LogP contribution in [0.15, 0.2) is 54.6 Å². The van der Waals surface area contributed by atoms with Crippen LogP contribution in [0.2, 0.25) is 0 Å². The largest absolute Gasteiger partial charge is 0.457 e. The zero-order valence-electron chi connectivity index (χ0n) is 14.8. The maximum absolute atomic E-state index is 13.0. The van der Waals surface area contributed by atoms with Crippen molar-refractivity contribution in [1.29, 1.82) is 0 Å². The second-order valence-electron chi connectivity index (χ2n) is 6.54. The second kappa shape index (κ2) is 8.67. The fourth-order valence-electron chi connectivity index (χ4n) is 3.29. The molecule has 2 aromatic carbocycles. The molecule has 132 valence electrons. The third-order valence-corrected chi connectivity index (χ3v) is 4.79. The molecule has 3 rings (SSSR count). The van der Waals surface area contributed by atoms with E-state index in [0.29, 0.717) is 17.2 Å². The van der Waals surface area contributed by atoms with Gasteiger partial charge in [-0.3, -0.25) is 4.79 Å². The number of rotatable bonds is 6. The SMILES string of the molecule is CNCCC1CCN(C(=O)c2ccccc2Oc2ccccc2)CC1. The third-order valence-electron chi connectivity index (χ3n) is 4.79. The Bertz CT molecular complexity index is 679. The van der Waals surface area contributed by atoms with Crippen LogP contribution in [0.5, 0.6) is 11.5 Å². The van der Waals surface area contributed by atoms with Crippen molar-refractivity contribution in [3.05, 3.63) is 60.2 Å². The lowest BCUT2D eigenvalue weighted by Crippen LogP contribution is -2.39. The topological polar surface area (TPSA) is 41.6 Å². The first-order valence-electron chi connectivity index (χ1n) is 9.03. The van der Waals surface area contributed by atoms with Gasteiger partial charge in [-0.1, -0.05) is 30.3 Å². The molecular weight excluding hydrogens is 312 g/mol. The quantitative estimate of drug-likeness (QED) is 0.867. The molecule has 4 heteroatoms. The minimum absolute atomic E-state index is 0.0681. The highest BCUT2D eigenvalue weighted by atomic mass is 16.5. The van der Waals surface area contributed by atoms with Gasteiger partial charge in [0.2, 0.25) is 0 Å². The molecule has 0 unspecified atom stereocenters. The van der Waals surface area contributed by atoms with Crippen molar-refractivity contribution in [2.45, 2.75) is 19.3 Å². The average Bonchev–Trinajstić information content (AvgIpc) is 2.67. The monoisotopic (exact) mass is 338 g/mol. The third kappa shape index (κ3) is 4.60. The molecule has 1 saturated heterocycles. The first-order valence-corrected chi connectivity index (χ1v) is 9.03. The van der Waals surface area contributed by atoms with Crippen LogP contribution in [0.25, 0.3) is 0 Å². The second-order valence-corrected chi connectivity index (χ2v) is 6.54. The minimum Gasteiger partial charge on any atom is -0.457 e. The van der Waals surface area contributed by atoms with Gasteiger partial charge in [-0.15, -0.1) is 0 Å². The van der Waals surface area contributed by atoms with Crippen molar-refractivity contribution >= 4 is 5.91 Å². The van der Waals surface area contributed by atoms with Crippen LogP contribution >= 0.6 is 0 Å². The molecule has 1 amide bonds. The highest BCUT2D eigenvalue weighted by molar-refractivity contribution is 5.97. The summed E-state index contributed by atoms with van der Waals surface area (Å²) < 4.78 is 5.94. The molecule has 0 atom stereocenters. The first kappa shape index (κ1) is 17.5. The van der Waals surface area contributed by atoms with Crippen LogP contribution in [0.4, 0.5) is 0 Å². The fourth-order valence-corrected chi connectivity index (χ4v) is 3.29. The van der Waals surface area contributed by atoms with Crippen LogP contribution in [0.1, 0.15) is 29.6 Å². The van der Waals surface area contributed by atoms with Crippen LogP contribution < -0.4 is 10.1 Å². The number of hydrogen-bond acceptors (Lipinski definition) is 3. The summed E-state index contributed by atoms with van der Waals surface area (Å²) in [6.07, 6.45) is 3.34. The average molecular weight is 338 g/mol. The van der Waals surface area contributed by atoms with E-state index in [-0.39, 0.29) is 5.91 Å². The summed E-state index contributed by atoms with van der Waals surface area (Å²) in [4.78, 5) is 14.9. The smallest absolute Gasteiger partial charge is 0.257 e. The number of para-hydroxylation sites is 2. The summed E-state index contributed by atoms with van der Waals surface area (Å²) >= 11 is 0. The van der Waals surface area contributed by atoms with Gasteiger partial charge >= 0.3 is 0 Å². The van der Waals surface area contributed by atoms with Gasteiger partial charge < -0.3 is 15.0 Å². The van der Waals surface area contributed by atoms with Gasteiger partial charge in [-0.25, -0.2) is 0 Å². The van der Waals surface area contributed by atoms with Crippen molar-refractivity contribution in [3.8, 4) is 11.5 Å². The Balaban J connectivity index is 1.67. The number of carbonyl (C=O) groups is 1. The van der Waals surface area contributed by atoms with Crippen molar-refractivity contribution in [2.75, 3.05) is 26.7 Å². The van der Waals surface area contributed by atoms with Crippen LogP contribution in [0.3, 0.4) is 0 Å². The Hall–Kier alpha value is -2.33. The van der Waals surface area contributed by atoms with Crippen LogP contribution in [-0.4, -0.2) is 37.5 Å². The van der Waals surface area contributed by atoms with Crippen LogP contribution in [0, 0.1) is 5.92 Å². The predicted molar refractivity (Wildman–Crippen MR) is 100 cm³/mol. The lowest BCUT2D eigenvalue weighted by atomic mass is 9.93. The molecule has 4 nitrogen and oxygen atoms in total. The number of likely N-dealkylation sites (tertiary alicyclic amines) is 1. The number of hydrogen-bond donors (Lipinski definition) is 1. The van der Waals surface area contributed by atoms with Gasteiger partial charge in [-0.05, 0) is 63.0 Å². The number of ether oxygens (including phenoxy) is 1. The van der Waals surface area contributed by atoms with E-state index in [9.17, 15) is 4.79 Å². The summed E-state index contributed by atoms with van der Waals surface area (Å²) in [6, 6.07) is 17.1. The zero-order chi connectivity index (χ0) is 17.5. The molecule has 1 aliphatic heterocycles. The summed E-state index contributed by atoms with van der Waals surface area (Å²) in [7, 11) is 1.99. The van der Waals surface area contributed by atoms with E-state index in [1.807, 2.05) is 66.5 Å².